The van der Waals surface area contributed by atoms with Gasteiger partial charge in [0.05, 0.1) is 6.04 Å². The molecular weight excluding hydrogens is 296 g/mol. The minimum absolute atomic E-state index is 0.106. The van der Waals surface area contributed by atoms with Gasteiger partial charge in [0, 0.05) is 13.1 Å². The number of carbonyl (C=O) groups is 2. The smallest absolute Gasteiger partial charge is 0.410 e. The molecule has 126 valence electrons. The number of alkyl carbamates (subject to hydrolysis) is 1. The number of hydrogen-bond acceptors (Lipinski definition) is 4. The molecule has 0 aromatic heterocycles. The molecule has 1 saturated heterocycles. The number of rotatable bonds is 3. The second kappa shape index (κ2) is 7.35. The number of amides is 2. The van der Waals surface area contributed by atoms with E-state index in [4.69, 9.17) is 9.47 Å². The third-order valence-corrected chi connectivity index (χ3v) is 3.37. The van der Waals surface area contributed by atoms with E-state index < -0.39 is 11.7 Å². The van der Waals surface area contributed by atoms with Gasteiger partial charge in [-0.3, -0.25) is 0 Å². The van der Waals surface area contributed by atoms with Gasteiger partial charge in [-0.2, -0.15) is 0 Å². The summed E-state index contributed by atoms with van der Waals surface area (Å²) in [5.74, 6) is 0. The fraction of sp³-hybridized carbons (Fsp3) is 0.529. The Hall–Kier alpha value is -2.24. The van der Waals surface area contributed by atoms with Crippen molar-refractivity contribution in [3.05, 3.63) is 35.9 Å². The lowest BCUT2D eigenvalue weighted by molar-refractivity contribution is 0.0290. The summed E-state index contributed by atoms with van der Waals surface area (Å²) in [5.41, 5.74) is 0.418. The number of carbonyl (C=O) groups excluding carboxylic acids is 2. The van der Waals surface area contributed by atoms with E-state index in [0.29, 0.717) is 19.5 Å². The standard InChI is InChI=1S/C17H24N2O4/c1-17(2,3)23-16(21)19-10-9-14(11-19)18-15(20)22-12-13-7-5-4-6-8-13/h4-8,14H,9-12H2,1-3H3,(H,18,20). The summed E-state index contributed by atoms with van der Waals surface area (Å²) in [6, 6.07) is 9.39. The van der Waals surface area contributed by atoms with Crippen LogP contribution in [-0.4, -0.2) is 41.8 Å². The van der Waals surface area contributed by atoms with Crippen molar-refractivity contribution in [3.63, 3.8) is 0 Å². The van der Waals surface area contributed by atoms with Crippen LogP contribution < -0.4 is 5.32 Å². The number of hydrogen-bond donors (Lipinski definition) is 1. The second-order valence-corrected chi connectivity index (χ2v) is 6.62. The largest absolute Gasteiger partial charge is 0.445 e. The average molecular weight is 320 g/mol. The normalized spacial score (nSPS) is 17.7. The van der Waals surface area contributed by atoms with Crippen molar-refractivity contribution in [1.82, 2.24) is 10.2 Å². The van der Waals surface area contributed by atoms with Crippen LogP contribution in [0.15, 0.2) is 30.3 Å². The zero-order valence-corrected chi connectivity index (χ0v) is 13.9. The van der Waals surface area contributed by atoms with Gasteiger partial charge in [-0.25, -0.2) is 9.59 Å². The number of nitrogens with zero attached hydrogens (tertiary/aromatic N) is 1. The second-order valence-electron chi connectivity index (χ2n) is 6.62. The quantitative estimate of drug-likeness (QED) is 0.930. The molecule has 23 heavy (non-hydrogen) atoms. The number of nitrogens with one attached hydrogen (secondary N) is 1. The predicted octanol–water partition coefficient (Wildman–Crippen LogP) is 2.92. The van der Waals surface area contributed by atoms with Gasteiger partial charge < -0.3 is 19.7 Å². The van der Waals surface area contributed by atoms with Crippen molar-refractivity contribution in [2.75, 3.05) is 13.1 Å². The van der Waals surface area contributed by atoms with Crippen LogP contribution >= 0.6 is 0 Å². The fourth-order valence-corrected chi connectivity index (χ4v) is 2.30. The Bertz CT molecular complexity index is 539. The molecule has 0 aliphatic carbocycles. The highest BCUT2D eigenvalue weighted by Crippen LogP contribution is 2.15. The summed E-state index contributed by atoms with van der Waals surface area (Å²) < 4.78 is 10.5. The van der Waals surface area contributed by atoms with Crippen LogP contribution in [0.2, 0.25) is 0 Å². The molecule has 1 heterocycles. The van der Waals surface area contributed by atoms with Crippen LogP contribution in [0.3, 0.4) is 0 Å². The maximum Gasteiger partial charge on any atom is 0.410 e. The Morgan fingerprint density at radius 1 is 1.26 bits per heavy atom. The van der Waals surface area contributed by atoms with Crippen molar-refractivity contribution in [2.24, 2.45) is 0 Å². The topological polar surface area (TPSA) is 67.9 Å². The molecule has 1 aliphatic rings. The first-order valence-electron chi connectivity index (χ1n) is 7.78. The fourth-order valence-electron chi connectivity index (χ4n) is 2.30. The zero-order chi connectivity index (χ0) is 16.9. The van der Waals surface area contributed by atoms with Crippen LogP contribution in [0.25, 0.3) is 0 Å². The Morgan fingerprint density at radius 3 is 2.61 bits per heavy atom. The van der Waals surface area contributed by atoms with Gasteiger partial charge >= 0.3 is 12.2 Å². The molecule has 1 atom stereocenters. The van der Waals surface area contributed by atoms with E-state index in [9.17, 15) is 9.59 Å². The molecule has 1 fully saturated rings. The monoisotopic (exact) mass is 320 g/mol. The number of likely N-dealkylation sites (tertiary alicyclic amines) is 1. The van der Waals surface area contributed by atoms with Crippen LogP contribution in [0.5, 0.6) is 0 Å². The average Bonchev–Trinajstić information content (AvgIpc) is 2.93. The lowest BCUT2D eigenvalue weighted by atomic mass is 10.2. The zero-order valence-electron chi connectivity index (χ0n) is 13.9. The Morgan fingerprint density at radius 2 is 1.96 bits per heavy atom. The first-order valence-corrected chi connectivity index (χ1v) is 7.78. The van der Waals surface area contributed by atoms with E-state index in [0.717, 1.165) is 5.56 Å². The van der Waals surface area contributed by atoms with Gasteiger partial charge in [0.2, 0.25) is 0 Å². The molecular formula is C17H24N2O4. The van der Waals surface area contributed by atoms with Crippen LogP contribution in [0.4, 0.5) is 9.59 Å². The van der Waals surface area contributed by atoms with E-state index in [1.807, 2.05) is 51.1 Å². The van der Waals surface area contributed by atoms with Crippen LogP contribution in [0.1, 0.15) is 32.8 Å². The summed E-state index contributed by atoms with van der Waals surface area (Å²) in [5, 5.41) is 2.79. The molecule has 0 bridgehead atoms. The van der Waals surface area contributed by atoms with E-state index in [-0.39, 0.29) is 18.7 Å². The van der Waals surface area contributed by atoms with Gasteiger partial charge in [-0.05, 0) is 32.8 Å². The van der Waals surface area contributed by atoms with E-state index >= 15 is 0 Å². The minimum Gasteiger partial charge on any atom is -0.445 e. The Labute approximate surface area is 136 Å². The first-order chi connectivity index (χ1) is 10.8. The van der Waals surface area contributed by atoms with Crippen molar-refractivity contribution < 1.29 is 19.1 Å². The van der Waals surface area contributed by atoms with Crippen molar-refractivity contribution in [2.45, 2.75) is 45.4 Å². The molecule has 1 unspecified atom stereocenters. The highest BCUT2D eigenvalue weighted by atomic mass is 16.6. The van der Waals surface area contributed by atoms with Crippen molar-refractivity contribution in [3.8, 4) is 0 Å². The number of ether oxygens (including phenoxy) is 2. The van der Waals surface area contributed by atoms with Gasteiger partial charge in [-0.1, -0.05) is 30.3 Å². The summed E-state index contributed by atoms with van der Waals surface area (Å²) in [4.78, 5) is 25.4. The highest BCUT2D eigenvalue weighted by molar-refractivity contribution is 5.70. The molecule has 2 rings (SSSR count). The summed E-state index contributed by atoms with van der Waals surface area (Å²) >= 11 is 0. The molecule has 1 N–H and O–H groups in total. The van der Waals surface area contributed by atoms with Gasteiger partial charge in [0.25, 0.3) is 0 Å². The molecule has 0 radical (unpaired) electrons. The lowest BCUT2D eigenvalue weighted by Crippen LogP contribution is -2.40. The Kier molecular flexibility index (Phi) is 5.47. The van der Waals surface area contributed by atoms with Crippen LogP contribution in [0, 0.1) is 0 Å². The van der Waals surface area contributed by atoms with Gasteiger partial charge in [-0.15, -0.1) is 0 Å². The molecule has 6 nitrogen and oxygen atoms in total. The maximum absolute atomic E-state index is 12.0. The number of benzene rings is 1. The van der Waals surface area contributed by atoms with E-state index in [1.54, 1.807) is 4.90 Å². The molecule has 2 amide bonds. The molecule has 1 aliphatic heterocycles. The minimum atomic E-state index is -0.517. The Balaban J connectivity index is 1.72. The predicted molar refractivity (Wildman–Crippen MR) is 86.0 cm³/mol. The van der Waals surface area contributed by atoms with Crippen LogP contribution in [-0.2, 0) is 16.1 Å². The molecule has 1 aromatic carbocycles. The maximum atomic E-state index is 12.0. The van der Waals surface area contributed by atoms with Crippen molar-refractivity contribution >= 4 is 12.2 Å². The highest BCUT2D eigenvalue weighted by Gasteiger charge is 2.30. The SMILES string of the molecule is CC(C)(C)OC(=O)N1CCC(NC(=O)OCc2ccccc2)C1. The molecule has 0 spiro atoms. The molecule has 6 heteroatoms. The third-order valence-electron chi connectivity index (χ3n) is 3.37. The lowest BCUT2D eigenvalue weighted by Gasteiger charge is -2.24. The summed E-state index contributed by atoms with van der Waals surface area (Å²) in [6.45, 7) is 6.73. The van der Waals surface area contributed by atoms with Crippen molar-refractivity contribution in [1.29, 1.82) is 0 Å². The van der Waals surface area contributed by atoms with Gasteiger partial charge in [0.15, 0.2) is 0 Å². The van der Waals surface area contributed by atoms with Gasteiger partial charge in [0.1, 0.15) is 12.2 Å². The van der Waals surface area contributed by atoms with E-state index in [1.165, 1.54) is 0 Å². The first kappa shape index (κ1) is 17.1. The molecule has 0 saturated carbocycles. The third kappa shape index (κ3) is 5.81. The van der Waals surface area contributed by atoms with E-state index in [2.05, 4.69) is 5.32 Å². The summed E-state index contributed by atoms with van der Waals surface area (Å²) in [7, 11) is 0. The molecule has 1 aromatic rings. The summed E-state index contributed by atoms with van der Waals surface area (Å²) in [6.07, 6.45) is -0.121.